The van der Waals surface area contributed by atoms with Crippen molar-refractivity contribution in [2.45, 2.75) is 25.4 Å². The Balaban J connectivity index is 1.41. The lowest BCUT2D eigenvalue weighted by Gasteiger charge is -2.46. The summed E-state index contributed by atoms with van der Waals surface area (Å²) >= 11 is 0. The molecule has 2 bridgehead atoms. The highest BCUT2D eigenvalue weighted by Crippen LogP contribution is 2.29. The average molecular weight is 367 g/mol. The molecule has 0 radical (unpaired) electrons. The number of rotatable bonds is 6. The van der Waals surface area contributed by atoms with E-state index in [4.69, 9.17) is 0 Å². The summed E-state index contributed by atoms with van der Waals surface area (Å²) in [5.74, 6) is 0.898. The molecule has 7 nitrogen and oxygen atoms in total. The molecule has 3 aliphatic rings. The molecule has 0 saturated carbocycles. The molecule has 142 valence electrons. The number of pyridine rings is 1. The van der Waals surface area contributed by atoms with Crippen LogP contribution in [0.2, 0.25) is 0 Å². The fourth-order valence-corrected chi connectivity index (χ4v) is 4.61. The molecule has 1 N–H and O–H groups in total. The van der Waals surface area contributed by atoms with Crippen LogP contribution >= 0.6 is 0 Å². The second-order valence-electron chi connectivity index (χ2n) is 7.75. The van der Waals surface area contributed by atoms with Gasteiger partial charge >= 0.3 is 0 Å². The van der Waals surface area contributed by atoms with E-state index in [9.17, 15) is 4.79 Å². The number of nitrogens with zero attached hydrogens (tertiary/aromatic N) is 5. The van der Waals surface area contributed by atoms with Crippen LogP contribution in [0.5, 0.6) is 0 Å². The van der Waals surface area contributed by atoms with Crippen molar-refractivity contribution in [2.24, 2.45) is 11.8 Å². The highest BCUT2D eigenvalue weighted by atomic mass is 16.2. The first kappa shape index (κ1) is 17.9. The molecular formula is C20H27N6O+. The standard InChI is InChI=1S/C20H26N6O/c1-3-9-24(2)20(27)17-13-25-10-7-15(17)11-16(25)12-26-14-19(22-23-26)18-6-4-5-8-21-18/h3-6,8,14-17H,1,7,9-13H2,2H3/p+1/t15-,16+,17-/m0/s1. The number of amides is 1. The van der Waals surface area contributed by atoms with E-state index in [1.54, 1.807) is 12.3 Å². The highest BCUT2D eigenvalue weighted by Gasteiger charge is 2.47. The first-order chi connectivity index (χ1) is 13.2. The van der Waals surface area contributed by atoms with Gasteiger partial charge in [-0.25, -0.2) is 4.68 Å². The number of carbonyl (C=O) groups is 1. The molecule has 5 rings (SSSR count). The molecule has 5 heterocycles. The first-order valence-corrected chi connectivity index (χ1v) is 9.67. The van der Waals surface area contributed by atoms with Crippen molar-refractivity contribution < 1.29 is 9.69 Å². The van der Waals surface area contributed by atoms with Gasteiger partial charge in [0, 0.05) is 32.6 Å². The number of likely N-dealkylation sites (N-methyl/N-ethyl adjacent to an activating group) is 1. The number of fused-ring (bicyclic) bond motifs is 3. The van der Waals surface area contributed by atoms with Gasteiger partial charge in [-0.05, 0) is 18.1 Å². The predicted molar refractivity (Wildman–Crippen MR) is 102 cm³/mol. The highest BCUT2D eigenvalue weighted by molar-refractivity contribution is 5.79. The van der Waals surface area contributed by atoms with E-state index in [2.05, 4.69) is 21.9 Å². The van der Waals surface area contributed by atoms with Crippen molar-refractivity contribution in [1.82, 2.24) is 24.9 Å². The summed E-state index contributed by atoms with van der Waals surface area (Å²) < 4.78 is 1.93. The smallest absolute Gasteiger partial charge is 0.231 e. The van der Waals surface area contributed by atoms with Crippen LogP contribution in [0.4, 0.5) is 0 Å². The second kappa shape index (κ2) is 7.60. The Labute approximate surface area is 159 Å². The van der Waals surface area contributed by atoms with Crippen LogP contribution in [0.15, 0.2) is 43.2 Å². The molecule has 0 spiro atoms. The summed E-state index contributed by atoms with van der Waals surface area (Å²) in [5.41, 5.74) is 1.65. The van der Waals surface area contributed by atoms with Crippen molar-refractivity contribution in [1.29, 1.82) is 0 Å². The summed E-state index contributed by atoms with van der Waals surface area (Å²) in [6, 6.07) is 6.29. The molecular weight excluding hydrogens is 340 g/mol. The Morgan fingerprint density at radius 3 is 3.04 bits per heavy atom. The molecule has 3 aliphatic heterocycles. The Kier molecular flexibility index (Phi) is 5.03. The van der Waals surface area contributed by atoms with E-state index >= 15 is 0 Å². The Morgan fingerprint density at radius 1 is 1.44 bits per heavy atom. The molecule has 7 heteroatoms. The number of hydrogen-bond donors (Lipinski definition) is 1. The minimum atomic E-state index is 0.148. The van der Waals surface area contributed by atoms with Crippen molar-refractivity contribution in [3.05, 3.63) is 43.2 Å². The number of carbonyl (C=O) groups excluding carboxylic acids is 1. The summed E-state index contributed by atoms with van der Waals surface area (Å²) in [5, 5.41) is 8.58. The van der Waals surface area contributed by atoms with Gasteiger partial charge in [-0.15, -0.1) is 11.7 Å². The van der Waals surface area contributed by atoms with Crippen LogP contribution in [-0.4, -0.2) is 63.5 Å². The fourth-order valence-electron chi connectivity index (χ4n) is 4.61. The Bertz CT molecular complexity index is 804. The molecule has 2 aromatic heterocycles. The van der Waals surface area contributed by atoms with Crippen LogP contribution in [0.3, 0.4) is 0 Å². The number of hydrogen-bond acceptors (Lipinski definition) is 4. The maximum atomic E-state index is 12.7. The minimum Gasteiger partial charge on any atom is -0.342 e. The molecule has 3 fully saturated rings. The van der Waals surface area contributed by atoms with Gasteiger partial charge in [0.05, 0.1) is 37.4 Å². The number of nitrogens with one attached hydrogen (secondary N) is 1. The first-order valence-electron chi connectivity index (χ1n) is 9.67. The van der Waals surface area contributed by atoms with E-state index in [0.29, 0.717) is 18.5 Å². The van der Waals surface area contributed by atoms with Gasteiger partial charge in [-0.3, -0.25) is 9.78 Å². The third-order valence-corrected chi connectivity index (χ3v) is 6.02. The third-order valence-electron chi connectivity index (χ3n) is 6.02. The molecule has 1 amide bonds. The van der Waals surface area contributed by atoms with Gasteiger partial charge in [-0.1, -0.05) is 17.4 Å². The third kappa shape index (κ3) is 3.64. The molecule has 4 atom stereocenters. The fraction of sp³-hybridized carbons (Fsp3) is 0.500. The van der Waals surface area contributed by atoms with Gasteiger partial charge in [0.2, 0.25) is 5.91 Å². The van der Waals surface area contributed by atoms with E-state index in [1.165, 1.54) is 4.90 Å². The van der Waals surface area contributed by atoms with Crippen molar-refractivity contribution >= 4 is 5.91 Å². The molecule has 2 aromatic rings. The van der Waals surface area contributed by atoms with Crippen LogP contribution < -0.4 is 4.90 Å². The molecule has 1 unspecified atom stereocenters. The van der Waals surface area contributed by atoms with Gasteiger partial charge < -0.3 is 9.80 Å². The lowest BCUT2D eigenvalue weighted by Crippen LogP contribution is -3.20. The van der Waals surface area contributed by atoms with Gasteiger partial charge in [0.25, 0.3) is 0 Å². The zero-order valence-corrected chi connectivity index (χ0v) is 15.8. The normalized spacial score (nSPS) is 26.7. The lowest BCUT2D eigenvalue weighted by molar-refractivity contribution is -0.945. The zero-order chi connectivity index (χ0) is 18.8. The van der Waals surface area contributed by atoms with E-state index in [1.807, 2.05) is 41.0 Å². The summed E-state index contributed by atoms with van der Waals surface area (Å²) in [4.78, 5) is 20.4. The molecule has 27 heavy (non-hydrogen) atoms. The summed E-state index contributed by atoms with van der Waals surface area (Å²) in [6.07, 6.45) is 7.75. The summed E-state index contributed by atoms with van der Waals surface area (Å²) in [6.45, 7) is 7.28. The van der Waals surface area contributed by atoms with E-state index in [-0.39, 0.29) is 11.8 Å². The minimum absolute atomic E-state index is 0.148. The van der Waals surface area contributed by atoms with Crippen molar-refractivity contribution in [2.75, 3.05) is 26.7 Å². The van der Waals surface area contributed by atoms with Gasteiger partial charge in [0.15, 0.2) is 0 Å². The monoisotopic (exact) mass is 367 g/mol. The predicted octanol–water partition coefficient (Wildman–Crippen LogP) is 0.278. The van der Waals surface area contributed by atoms with E-state index < -0.39 is 0 Å². The second-order valence-corrected chi connectivity index (χ2v) is 7.75. The molecule has 0 aromatic carbocycles. The number of aromatic nitrogens is 4. The maximum Gasteiger partial charge on any atom is 0.231 e. The SMILES string of the molecule is C=CCN(C)C(=O)[C@H]1C[NH+]2CC[C@H]1C[C@@H]2Cn1cc(-c2ccccn2)nn1. The van der Waals surface area contributed by atoms with Gasteiger partial charge in [0.1, 0.15) is 11.7 Å². The Morgan fingerprint density at radius 2 is 2.33 bits per heavy atom. The van der Waals surface area contributed by atoms with Crippen molar-refractivity contribution in [3.63, 3.8) is 0 Å². The molecule has 3 saturated heterocycles. The Hall–Kier alpha value is -2.54. The zero-order valence-electron chi connectivity index (χ0n) is 15.8. The van der Waals surface area contributed by atoms with Crippen molar-refractivity contribution in [3.8, 4) is 11.4 Å². The van der Waals surface area contributed by atoms with Gasteiger partial charge in [-0.2, -0.15) is 0 Å². The number of quaternary nitrogens is 1. The maximum absolute atomic E-state index is 12.7. The quantitative estimate of drug-likeness (QED) is 0.745. The van der Waals surface area contributed by atoms with E-state index in [0.717, 1.165) is 43.9 Å². The largest absolute Gasteiger partial charge is 0.342 e. The molecule has 0 aliphatic carbocycles. The topological polar surface area (TPSA) is 68.4 Å². The van der Waals surface area contributed by atoms with Crippen LogP contribution in [-0.2, 0) is 11.3 Å². The summed E-state index contributed by atoms with van der Waals surface area (Å²) in [7, 11) is 1.88. The average Bonchev–Trinajstić information content (AvgIpc) is 3.17. The van der Waals surface area contributed by atoms with Crippen LogP contribution in [0, 0.1) is 11.8 Å². The van der Waals surface area contributed by atoms with Crippen LogP contribution in [0.1, 0.15) is 12.8 Å². The lowest BCUT2D eigenvalue weighted by atomic mass is 9.75. The number of piperidine rings is 3. The van der Waals surface area contributed by atoms with Crippen LogP contribution in [0.25, 0.3) is 11.4 Å².